The van der Waals surface area contributed by atoms with Crippen LogP contribution in [0.5, 0.6) is 0 Å². The first-order valence-corrected chi connectivity index (χ1v) is 9.18. The van der Waals surface area contributed by atoms with Crippen molar-refractivity contribution in [2.75, 3.05) is 18.0 Å². The Hall–Kier alpha value is -2.70. The smallest absolute Gasteiger partial charge is 0.220 e. The fraction of sp³-hybridized carbons (Fsp3) is 0.474. The van der Waals surface area contributed by atoms with Gasteiger partial charge in [-0.15, -0.1) is 5.10 Å². The van der Waals surface area contributed by atoms with E-state index in [1.54, 1.807) is 0 Å². The Labute approximate surface area is 152 Å². The van der Waals surface area contributed by atoms with E-state index in [1.165, 1.54) is 0 Å². The van der Waals surface area contributed by atoms with Gasteiger partial charge in [0.15, 0.2) is 11.3 Å². The van der Waals surface area contributed by atoms with Crippen molar-refractivity contribution < 1.29 is 4.79 Å². The third-order valence-corrected chi connectivity index (χ3v) is 5.29. The minimum absolute atomic E-state index is 0.0301. The first kappa shape index (κ1) is 16.8. The summed E-state index contributed by atoms with van der Waals surface area (Å²) in [6, 6.07) is 4.17. The fourth-order valence-electron chi connectivity index (χ4n) is 3.85. The number of fused-ring (bicyclic) bond motifs is 3. The zero-order valence-corrected chi connectivity index (χ0v) is 15.5. The van der Waals surface area contributed by atoms with E-state index in [0.29, 0.717) is 0 Å². The third kappa shape index (κ3) is 2.67. The Balaban J connectivity index is 1.86. The van der Waals surface area contributed by atoms with Crippen molar-refractivity contribution in [2.24, 2.45) is 11.7 Å². The van der Waals surface area contributed by atoms with Crippen LogP contribution in [0.2, 0.25) is 0 Å². The lowest BCUT2D eigenvalue weighted by atomic mass is 9.96. The van der Waals surface area contributed by atoms with Crippen LogP contribution in [0.25, 0.3) is 16.7 Å². The van der Waals surface area contributed by atoms with Crippen LogP contribution in [0.1, 0.15) is 36.7 Å². The SMILES string of the molecule is CCc1cc(N2CCC(C(N)=O)CC2)n2nc3nc(C)cc(C)c3c2n1. The molecule has 136 valence electrons. The maximum Gasteiger partial charge on any atom is 0.220 e. The molecule has 7 heteroatoms. The number of nitrogens with zero attached hydrogens (tertiary/aromatic N) is 5. The van der Waals surface area contributed by atoms with Crippen LogP contribution in [-0.2, 0) is 11.2 Å². The van der Waals surface area contributed by atoms with Crippen molar-refractivity contribution in [1.82, 2.24) is 19.6 Å². The van der Waals surface area contributed by atoms with Crippen LogP contribution >= 0.6 is 0 Å². The van der Waals surface area contributed by atoms with Crippen molar-refractivity contribution >= 4 is 28.4 Å². The largest absolute Gasteiger partial charge is 0.369 e. The van der Waals surface area contributed by atoms with E-state index in [2.05, 4.69) is 35.9 Å². The summed E-state index contributed by atoms with van der Waals surface area (Å²) in [5.41, 5.74) is 10.2. The Bertz CT molecular complexity index is 1000. The molecule has 1 fully saturated rings. The number of hydrogen-bond donors (Lipinski definition) is 1. The molecule has 0 bridgehead atoms. The third-order valence-electron chi connectivity index (χ3n) is 5.29. The number of pyridine rings is 1. The monoisotopic (exact) mass is 352 g/mol. The molecule has 0 radical (unpaired) electrons. The van der Waals surface area contributed by atoms with Gasteiger partial charge in [-0.2, -0.15) is 4.52 Å². The molecule has 3 aromatic rings. The lowest BCUT2D eigenvalue weighted by Crippen LogP contribution is -2.39. The summed E-state index contributed by atoms with van der Waals surface area (Å²) in [5, 5.41) is 5.76. The van der Waals surface area contributed by atoms with Gasteiger partial charge in [0, 0.05) is 36.5 Å². The highest BCUT2D eigenvalue weighted by Gasteiger charge is 2.26. The van der Waals surface area contributed by atoms with Gasteiger partial charge in [0.1, 0.15) is 5.82 Å². The minimum atomic E-state index is -0.195. The molecule has 3 aromatic heterocycles. The number of primary amides is 1. The highest BCUT2D eigenvalue weighted by atomic mass is 16.1. The maximum atomic E-state index is 11.5. The van der Waals surface area contributed by atoms with Crippen LogP contribution in [0, 0.1) is 19.8 Å². The zero-order chi connectivity index (χ0) is 18.4. The topological polar surface area (TPSA) is 89.4 Å². The molecule has 1 amide bonds. The molecular formula is C19H24N6O. The van der Waals surface area contributed by atoms with Gasteiger partial charge >= 0.3 is 0 Å². The molecule has 1 saturated heterocycles. The quantitative estimate of drug-likeness (QED) is 0.780. The molecule has 0 atom stereocenters. The molecule has 0 aromatic carbocycles. The Kier molecular flexibility index (Phi) is 4.01. The molecule has 2 N–H and O–H groups in total. The summed E-state index contributed by atoms with van der Waals surface area (Å²) in [6.45, 7) is 7.75. The molecule has 0 unspecified atom stereocenters. The van der Waals surface area contributed by atoms with Crippen LogP contribution in [0.3, 0.4) is 0 Å². The number of aromatic nitrogens is 4. The van der Waals surface area contributed by atoms with Gasteiger partial charge in [-0.1, -0.05) is 6.92 Å². The summed E-state index contributed by atoms with van der Waals surface area (Å²) in [5.74, 6) is 0.793. The summed E-state index contributed by atoms with van der Waals surface area (Å²) in [4.78, 5) is 23.2. The molecule has 0 aliphatic carbocycles. The number of nitrogens with two attached hydrogens (primary N) is 1. The van der Waals surface area contributed by atoms with E-state index in [1.807, 2.05) is 11.4 Å². The number of rotatable bonds is 3. The Morgan fingerprint density at radius 1 is 1.23 bits per heavy atom. The van der Waals surface area contributed by atoms with Crippen molar-refractivity contribution in [1.29, 1.82) is 0 Å². The summed E-state index contributed by atoms with van der Waals surface area (Å²) < 4.78 is 1.91. The summed E-state index contributed by atoms with van der Waals surface area (Å²) in [6.07, 6.45) is 2.40. The summed E-state index contributed by atoms with van der Waals surface area (Å²) in [7, 11) is 0. The highest BCUT2D eigenvalue weighted by molar-refractivity contribution is 5.93. The van der Waals surface area contributed by atoms with Crippen LogP contribution in [-0.4, -0.2) is 38.6 Å². The number of hydrogen-bond acceptors (Lipinski definition) is 5. The number of anilines is 1. The van der Waals surface area contributed by atoms with E-state index in [-0.39, 0.29) is 11.8 Å². The normalized spacial score (nSPS) is 15.9. The van der Waals surface area contributed by atoms with Crippen molar-refractivity contribution in [3.63, 3.8) is 0 Å². The number of piperidine rings is 1. The molecule has 26 heavy (non-hydrogen) atoms. The van der Waals surface area contributed by atoms with Crippen LogP contribution < -0.4 is 10.6 Å². The molecule has 1 aliphatic heterocycles. The van der Waals surface area contributed by atoms with Crippen LogP contribution in [0.15, 0.2) is 12.1 Å². The number of carbonyl (C=O) groups excluding carboxylic acids is 1. The molecule has 7 nitrogen and oxygen atoms in total. The lowest BCUT2D eigenvalue weighted by molar-refractivity contribution is -0.122. The average Bonchev–Trinajstić information content (AvgIpc) is 2.99. The molecular weight excluding hydrogens is 328 g/mol. The predicted octanol–water partition coefficient (Wildman–Crippen LogP) is 2.16. The van der Waals surface area contributed by atoms with Gasteiger partial charge in [-0.05, 0) is 44.7 Å². The van der Waals surface area contributed by atoms with E-state index in [0.717, 1.165) is 71.8 Å². The Morgan fingerprint density at radius 2 is 1.96 bits per heavy atom. The fourth-order valence-corrected chi connectivity index (χ4v) is 3.85. The Morgan fingerprint density at radius 3 is 2.62 bits per heavy atom. The minimum Gasteiger partial charge on any atom is -0.369 e. The van der Waals surface area contributed by atoms with Gasteiger partial charge < -0.3 is 10.6 Å². The van der Waals surface area contributed by atoms with E-state index >= 15 is 0 Å². The average molecular weight is 352 g/mol. The number of amides is 1. The van der Waals surface area contributed by atoms with Crippen molar-refractivity contribution in [3.8, 4) is 0 Å². The molecule has 0 spiro atoms. The van der Waals surface area contributed by atoms with Gasteiger partial charge in [-0.3, -0.25) is 4.79 Å². The molecule has 0 saturated carbocycles. The first-order valence-electron chi connectivity index (χ1n) is 9.18. The van der Waals surface area contributed by atoms with Crippen molar-refractivity contribution in [3.05, 3.63) is 29.1 Å². The van der Waals surface area contributed by atoms with Gasteiger partial charge in [0.05, 0.1) is 5.39 Å². The zero-order valence-electron chi connectivity index (χ0n) is 15.5. The van der Waals surface area contributed by atoms with Gasteiger partial charge in [-0.25, -0.2) is 9.97 Å². The van der Waals surface area contributed by atoms with Crippen LogP contribution in [0.4, 0.5) is 5.82 Å². The van der Waals surface area contributed by atoms with E-state index in [9.17, 15) is 4.79 Å². The number of aryl methyl sites for hydroxylation is 3. The predicted molar refractivity (Wildman–Crippen MR) is 101 cm³/mol. The van der Waals surface area contributed by atoms with Gasteiger partial charge in [0.25, 0.3) is 0 Å². The summed E-state index contributed by atoms with van der Waals surface area (Å²) >= 11 is 0. The second-order valence-electron chi connectivity index (χ2n) is 7.14. The second kappa shape index (κ2) is 6.23. The first-order chi connectivity index (χ1) is 12.5. The molecule has 4 heterocycles. The molecule has 4 rings (SSSR count). The maximum absolute atomic E-state index is 11.5. The highest BCUT2D eigenvalue weighted by Crippen LogP contribution is 2.29. The number of carbonyl (C=O) groups is 1. The van der Waals surface area contributed by atoms with E-state index in [4.69, 9.17) is 15.8 Å². The lowest BCUT2D eigenvalue weighted by Gasteiger charge is -2.32. The second-order valence-corrected chi connectivity index (χ2v) is 7.14. The standard InChI is InChI=1S/C19H24N6O/c1-4-14-10-15(24-7-5-13(6-8-24)17(20)26)25-19(22-14)16-11(2)9-12(3)21-18(16)23-25/h9-10,13H,4-8H2,1-3H3,(H2,20,26). The molecule has 1 aliphatic rings. The van der Waals surface area contributed by atoms with Gasteiger partial charge in [0.2, 0.25) is 5.91 Å². The van der Waals surface area contributed by atoms with E-state index < -0.39 is 0 Å². The van der Waals surface area contributed by atoms with Crippen molar-refractivity contribution in [2.45, 2.75) is 40.0 Å².